The molecule has 28 heavy (non-hydrogen) atoms. The van der Waals surface area contributed by atoms with Crippen LogP contribution in [0, 0.1) is 3.70 Å². The van der Waals surface area contributed by atoms with Gasteiger partial charge in [-0.05, 0) is 35.4 Å². The first-order valence-corrected chi connectivity index (χ1v) is 11.5. The maximum absolute atomic E-state index is 13.2. The Morgan fingerprint density at radius 1 is 1.32 bits per heavy atom. The highest BCUT2D eigenvalue weighted by molar-refractivity contribution is 14.1. The number of halogens is 2. The Labute approximate surface area is 181 Å². The predicted molar refractivity (Wildman–Crippen MR) is 110 cm³/mol. The number of rotatable bonds is 4. The zero-order chi connectivity index (χ0) is 20.1. The van der Waals surface area contributed by atoms with Crippen LogP contribution in [0.5, 0.6) is 5.88 Å². The maximum Gasteiger partial charge on any atom is 0.254 e. The van der Waals surface area contributed by atoms with Crippen molar-refractivity contribution in [2.24, 2.45) is 7.05 Å². The number of hydrogen-bond donors (Lipinski definition) is 0. The Bertz CT molecular complexity index is 1030. The molecule has 0 unspecified atom stereocenters. The average molecular weight is 540 g/mol. The number of nitrogens with zero attached hydrogens (tertiary/aromatic N) is 7. The fraction of sp³-hybridized carbons (Fsp3) is 0.533. The fourth-order valence-electron chi connectivity index (χ4n) is 3.52. The van der Waals surface area contributed by atoms with Gasteiger partial charge < -0.3 is 9.64 Å². The molecule has 1 fully saturated rings. The van der Waals surface area contributed by atoms with E-state index in [0.717, 1.165) is 5.82 Å². The van der Waals surface area contributed by atoms with Crippen molar-refractivity contribution in [1.82, 2.24) is 33.8 Å². The molecule has 0 saturated carbocycles. The lowest BCUT2D eigenvalue weighted by molar-refractivity contribution is 0.144. The van der Waals surface area contributed by atoms with Crippen LogP contribution in [0.25, 0.3) is 6.08 Å². The molecule has 0 atom stereocenters. The summed E-state index contributed by atoms with van der Waals surface area (Å²) in [5.41, 5.74) is 0. The van der Waals surface area contributed by atoms with Gasteiger partial charge in [-0.15, -0.1) is 5.10 Å². The number of sulfonamides is 1. The standard InChI is InChI=1S/C15H19ClIN7O3S/c1-21-14(17)13(15(20-21)27-2)28(25,26)22-5-3-10(4-6-22)23-9-24-12(7-11(23)16)18-8-19-24/h7-8,10H,3-6,9H2,1-2H3. The van der Waals surface area contributed by atoms with E-state index in [1.54, 1.807) is 17.8 Å². The highest BCUT2D eigenvalue weighted by atomic mass is 127. The van der Waals surface area contributed by atoms with E-state index < -0.39 is 10.0 Å². The first kappa shape index (κ1) is 19.9. The van der Waals surface area contributed by atoms with Crippen LogP contribution < -0.4 is 4.74 Å². The van der Waals surface area contributed by atoms with Gasteiger partial charge in [-0.25, -0.2) is 18.1 Å². The second-order valence-corrected chi connectivity index (χ2v) is 9.87. The lowest BCUT2D eigenvalue weighted by Gasteiger charge is -2.39. The summed E-state index contributed by atoms with van der Waals surface area (Å²) in [6.07, 6.45) is 4.60. The smallest absolute Gasteiger partial charge is 0.254 e. The zero-order valence-corrected chi connectivity index (χ0v) is 19.0. The summed E-state index contributed by atoms with van der Waals surface area (Å²) in [6.45, 7) is 1.30. The average Bonchev–Trinajstić information content (AvgIpc) is 3.25. The third kappa shape index (κ3) is 3.29. The van der Waals surface area contributed by atoms with E-state index in [2.05, 4.69) is 15.2 Å². The second-order valence-electron chi connectivity index (χ2n) is 6.58. The van der Waals surface area contributed by atoms with Crippen LogP contribution in [-0.2, 0) is 23.7 Å². The molecule has 13 heteroatoms. The summed E-state index contributed by atoms with van der Waals surface area (Å²) in [6, 6.07) is 0.127. The molecule has 0 aromatic carbocycles. The van der Waals surface area contributed by atoms with Gasteiger partial charge in [-0.2, -0.15) is 9.40 Å². The van der Waals surface area contributed by atoms with Crippen molar-refractivity contribution >= 4 is 50.3 Å². The third-order valence-electron chi connectivity index (χ3n) is 5.02. The van der Waals surface area contributed by atoms with Gasteiger partial charge >= 0.3 is 0 Å². The maximum atomic E-state index is 13.2. The van der Waals surface area contributed by atoms with Crippen LogP contribution in [0.4, 0.5) is 0 Å². The molecule has 0 bridgehead atoms. The van der Waals surface area contributed by atoms with E-state index in [1.807, 2.05) is 27.5 Å². The molecule has 10 nitrogen and oxygen atoms in total. The van der Waals surface area contributed by atoms with E-state index in [1.165, 1.54) is 22.4 Å². The Morgan fingerprint density at radius 2 is 2.04 bits per heavy atom. The molecule has 0 spiro atoms. The molecule has 2 aliphatic rings. The minimum Gasteiger partial charge on any atom is -0.479 e. The molecule has 152 valence electrons. The van der Waals surface area contributed by atoms with E-state index in [0.29, 0.717) is 41.5 Å². The zero-order valence-electron chi connectivity index (χ0n) is 15.3. The van der Waals surface area contributed by atoms with Gasteiger partial charge in [0.15, 0.2) is 10.7 Å². The van der Waals surface area contributed by atoms with Crippen LogP contribution in [0.15, 0.2) is 16.4 Å². The van der Waals surface area contributed by atoms with Crippen LogP contribution in [0.2, 0.25) is 0 Å². The van der Waals surface area contributed by atoms with E-state index in [-0.39, 0.29) is 16.8 Å². The highest BCUT2D eigenvalue weighted by Crippen LogP contribution is 2.33. The van der Waals surface area contributed by atoms with Gasteiger partial charge in [0.2, 0.25) is 0 Å². The Balaban J connectivity index is 1.50. The minimum atomic E-state index is -3.70. The molecular formula is C15H19ClIN7O3S. The number of piperidine rings is 1. The lowest BCUT2D eigenvalue weighted by Crippen LogP contribution is -2.47. The molecule has 0 radical (unpaired) electrons. The molecule has 2 aromatic heterocycles. The van der Waals surface area contributed by atoms with Crippen molar-refractivity contribution in [3.63, 3.8) is 0 Å². The van der Waals surface area contributed by atoms with Crippen LogP contribution >= 0.6 is 34.2 Å². The highest BCUT2D eigenvalue weighted by Gasteiger charge is 2.37. The number of methoxy groups -OCH3 is 1. The lowest BCUT2D eigenvalue weighted by atomic mass is 10.1. The van der Waals surface area contributed by atoms with Crippen molar-refractivity contribution in [3.05, 3.63) is 21.0 Å². The predicted octanol–water partition coefficient (Wildman–Crippen LogP) is 1.29. The molecule has 0 N–H and O–H groups in total. The molecule has 2 aliphatic heterocycles. The summed E-state index contributed by atoms with van der Waals surface area (Å²) in [5.74, 6) is 0.842. The van der Waals surface area contributed by atoms with Crippen LogP contribution in [-0.4, -0.2) is 68.4 Å². The molecule has 1 saturated heterocycles. The quantitative estimate of drug-likeness (QED) is 0.427. The Kier molecular flexibility index (Phi) is 5.31. The van der Waals surface area contributed by atoms with Crippen LogP contribution in [0.3, 0.4) is 0 Å². The normalized spacial score (nSPS) is 18.9. The van der Waals surface area contributed by atoms with Gasteiger partial charge in [-0.1, -0.05) is 11.6 Å². The van der Waals surface area contributed by atoms with Crippen molar-refractivity contribution in [3.8, 4) is 5.88 Å². The minimum absolute atomic E-state index is 0.120. The number of fused-ring (bicyclic) bond motifs is 1. The van der Waals surface area contributed by atoms with Gasteiger partial charge in [0.05, 0.1) is 7.11 Å². The first-order chi connectivity index (χ1) is 13.3. The molecule has 0 aliphatic carbocycles. The van der Waals surface area contributed by atoms with Crippen LogP contribution in [0.1, 0.15) is 18.7 Å². The molecule has 4 rings (SSSR count). The van der Waals surface area contributed by atoms with E-state index in [9.17, 15) is 8.42 Å². The van der Waals surface area contributed by atoms with Gasteiger partial charge in [0, 0.05) is 32.3 Å². The van der Waals surface area contributed by atoms with Gasteiger partial charge in [-0.3, -0.25) is 4.68 Å². The Morgan fingerprint density at radius 3 is 2.71 bits per heavy atom. The topological polar surface area (TPSA) is 98.4 Å². The Hall–Kier alpha value is -1.38. The number of hydrogen-bond acceptors (Lipinski definition) is 7. The summed E-state index contributed by atoms with van der Waals surface area (Å²) in [4.78, 5) is 6.32. The molecule has 4 heterocycles. The number of aryl methyl sites for hydroxylation is 1. The molecular weight excluding hydrogens is 521 g/mol. The van der Waals surface area contributed by atoms with Gasteiger partial charge in [0.1, 0.15) is 21.9 Å². The summed E-state index contributed by atoms with van der Waals surface area (Å²) >= 11 is 8.41. The fourth-order valence-corrected chi connectivity index (χ4v) is 6.62. The molecule has 0 amide bonds. The van der Waals surface area contributed by atoms with Gasteiger partial charge in [0.25, 0.3) is 15.9 Å². The van der Waals surface area contributed by atoms with E-state index in [4.69, 9.17) is 16.3 Å². The number of ether oxygens (including phenoxy) is 1. The first-order valence-electron chi connectivity index (χ1n) is 8.61. The van der Waals surface area contributed by atoms with Crippen molar-refractivity contribution in [1.29, 1.82) is 0 Å². The van der Waals surface area contributed by atoms with E-state index >= 15 is 0 Å². The summed E-state index contributed by atoms with van der Waals surface area (Å²) < 4.78 is 36.9. The SMILES string of the molecule is COc1nn(C)c(I)c1S(=O)(=O)N1CCC(N2Cn3ncnc3C=C2Cl)CC1. The summed E-state index contributed by atoms with van der Waals surface area (Å²) in [5, 5.41) is 8.93. The number of aromatic nitrogens is 5. The largest absolute Gasteiger partial charge is 0.479 e. The molecule has 2 aromatic rings. The second kappa shape index (κ2) is 7.46. The van der Waals surface area contributed by atoms with Crippen molar-refractivity contribution in [2.75, 3.05) is 20.2 Å². The monoisotopic (exact) mass is 539 g/mol. The third-order valence-corrected chi connectivity index (χ3v) is 8.88. The van der Waals surface area contributed by atoms with Crippen molar-refractivity contribution in [2.45, 2.75) is 30.4 Å². The van der Waals surface area contributed by atoms with Crippen molar-refractivity contribution < 1.29 is 13.2 Å². The summed E-state index contributed by atoms with van der Waals surface area (Å²) in [7, 11) is -0.582.